The maximum absolute atomic E-state index is 11.7. The fourth-order valence-corrected chi connectivity index (χ4v) is 2.99. The van der Waals surface area contributed by atoms with Gasteiger partial charge in [-0.15, -0.1) is 0 Å². The Bertz CT molecular complexity index is 845. The number of fused-ring (bicyclic) bond motifs is 3. The van der Waals surface area contributed by atoms with Crippen LogP contribution in [0.4, 0.5) is 5.69 Å². The number of rotatable bonds is 1. The van der Waals surface area contributed by atoms with Crippen LogP contribution in [0.3, 0.4) is 0 Å². The number of hydrazone groups is 1. The van der Waals surface area contributed by atoms with Crippen molar-refractivity contribution in [1.29, 1.82) is 0 Å². The zero-order chi connectivity index (χ0) is 15.8. The molecule has 2 aliphatic heterocycles. The number of amides is 1. The van der Waals surface area contributed by atoms with Gasteiger partial charge in [-0.25, -0.2) is 5.43 Å². The van der Waals surface area contributed by atoms with Crippen LogP contribution in [-0.4, -0.2) is 30.5 Å². The summed E-state index contributed by atoms with van der Waals surface area (Å²) in [6, 6.07) is 15.6. The number of benzene rings is 2. The third-order valence-electron chi connectivity index (χ3n) is 3.85. The average Bonchev–Trinajstić information content (AvgIpc) is 2.72. The predicted molar refractivity (Wildman–Crippen MR) is 91.3 cm³/mol. The van der Waals surface area contributed by atoms with E-state index >= 15 is 0 Å². The predicted octanol–water partition coefficient (Wildman–Crippen LogP) is 2.44. The lowest BCUT2D eigenvalue weighted by atomic mass is 10.00. The molecule has 4 rings (SSSR count). The number of aliphatic imine (C=N–C) groups is 1. The number of anilines is 1. The van der Waals surface area contributed by atoms with Crippen LogP contribution in [0.25, 0.3) is 0 Å². The summed E-state index contributed by atoms with van der Waals surface area (Å²) in [6.45, 7) is 0.627. The van der Waals surface area contributed by atoms with Gasteiger partial charge in [-0.2, -0.15) is 5.10 Å². The summed E-state index contributed by atoms with van der Waals surface area (Å²) in [5.41, 5.74) is 6.18. The molecule has 1 amide bonds. The van der Waals surface area contributed by atoms with Crippen molar-refractivity contribution in [2.45, 2.75) is 0 Å². The van der Waals surface area contributed by atoms with E-state index in [0.717, 1.165) is 28.4 Å². The molecule has 0 spiro atoms. The van der Waals surface area contributed by atoms with Gasteiger partial charge in [0.2, 0.25) is 0 Å². The van der Waals surface area contributed by atoms with Gasteiger partial charge in [-0.05, 0) is 18.2 Å². The highest BCUT2D eigenvalue weighted by Gasteiger charge is 2.28. The number of hydrogen-bond donors (Lipinski definition) is 1. The Kier molecular flexibility index (Phi) is 3.35. The summed E-state index contributed by atoms with van der Waals surface area (Å²) in [5.74, 6) is 0.580. The number of nitrogens with one attached hydrogen (secondary N) is 1. The van der Waals surface area contributed by atoms with E-state index < -0.39 is 0 Å². The third kappa shape index (κ3) is 2.49. The molecule has 0 aliphatic carbocycles. The standard InChI is InChI=1S/C17H13ClN4O/c18-12-6-7-14-13(8-12)17(11-4-2-1-3-5-11)19-9-15-20-21-16(23)10-22(14)15/h1-8H,9-10H2,(H,21,23). The van der Waals surface area contributed by atoms with Gasteiger partial charge in [0.15, 0.2) is 5.84 Å². The molecule has 2 aromatic rings. The third-order valence-corrected chi connectivity index (χ3v) is 4.09. The number of hydrogen-bond acceptors (Lipinski definition) is 4. The van der Waals surface area contributed by atoms with E-state index in [1.165, 1.54) is 0 Å². The molecule has 2 aromatic carbocycles. The Morgan fingerprint density at radius 2 is 1.96 bits per heavy atom. The molecule has 0 saturated heterocycles. The molecule has 6 heteroatoms. The Morgan fingerprint density at radius 3 is 2.78 bits per heavy atom. The Balaban J connectivity index is 1.93. The summed E-state index contributed by atoms with van der Waals surface area (Å²) in [4.78, 5) is 18.3. The highest BCUT2D eigenvalue weighted by molar-refractivity contribution is 6.32. The highest BCUT2D eigenvalue weighted by Crippen LogP contribution is 2.30. The fourth-order valence-electron chi connectivity index (χ4n) is 2.81. The minimum atomic E-state index is -0.141. The minimum Gasteiger partial charge on any atom is -0.317 e. The molecule has 2 heterocycles. The maximum Gasteiger partial charge on any atom is 0.260 e. The Labute approximate surface area is 138 Å². The molecule has 23 heavy (non-hydrogen) atoms. The van der Waals surface area contributed by atoms with Crippen molar-refractivity contribution in [3.63, 3.8) is 0 Å². The smallest absolute Gasteiger partial charge is 0.260 e. The quantitative estimate of drug-likeness (QED) is 0.876. The Hall–Kier alpha value is -2.66. The molecule has 5 nitrogen and oxygen atoms in total. The molecule has 114 valence electrons. The first-order valence-corrected chi connectivity index (χ1v) is 7.63. The zero-order valence-electron chi connectivity index (χ0n) is 12.2. The lowest BCUT2D eigenvalue weighted by Crippen LogP contribution is -2.46. The first kappa shape index (κ1) is 14.0. The van der Waals surface area contributed by atoms with Gasteiger partial charge in [0, 0.05) is 16.1 Å². The van der Waals surface area contributed by atoms with Gasteiger partial charge in [0.1, 0.15) is 6.54 Å². The minimum absolute atomic E-state index is 0.141. The monoisotopic (exact) mass is 324 g/mol. The first-order chi connectivity index (χ1) is 11.2. The van der Waals surface area contributed by atoms with E-state index in [1.54, 1.807) is 0 Å². The molecule has 0 radical (unpaired) electrons. The van der Waals surface area contributed by atoms with E-state index in [2.05, 4.69) is 10.5 Å². The first-order valence-electron chi connectivity index (χ1n) is 7.25. The lowest BCUT2D eigenvalue weighted by molar-refractivity contribution is -0.119. The number of carbonyl (C=O) groups is 1. The SMILES string of the molecule is O=C1CN2C(=NN1)CN=C(c1ccccc1)c1cc(Cl)ccc12. The van der Waals surface area contributed by atoms with Crippen LogP contribution in [0.15, 0.2) is 58.6 Å². The molecular formula is C17H13ClN4O. The van der Waals surface area contributed by atoms with Crippen molar-refractivity contribution in [3.8, 4) is 0 Å². The molecule has 1 N–H and O–H groups in total. The number of amidine groups is 1. The topological polar surface area (TPSA) is 57.1 Å². The second kappa shape index (κ2) is 5.52. The van der Waals surface area contributed by atoms with Crippen molar-refractivity contribution in [3.05, 3.63) is 64.7 Å². The van der Waals surface area contributed by atoms with E-state index in [9.17, 15) is 4.79 Å². The lowest BCUT2D eigenvalue weighted by Gasteiger charge is -2.27. The number of halogens is 1. The van der Waals surface area contributed by atoms with Gasteiger partial charge in [0.25, 0.3) is 5.91 Å². The average molecular weight is 325 g/mol. The van der Waals surface area contributed by atoms with Gasteiger partial charge >= 0.3 is 0 Å². The van der Waals surface area contributed by atoms with Crippen LogP contribution in [0.2, 0.25) is 5.02 Å². The molecular weight excluding hydrogens is 312 g/mol. The summed E-state index contributed by atoms with van der Waals surface area (Å²) >= 11 is 6.20. The Morgan fingerprint density at radius 1 is 1.13 bits per heavy atom. The van der Waals surface area contributed by atoms with Gasteiger partial charge in [-0.3, -0.25) is 9.79 Å². The largest absolute Gasteiger partial charge is 0.317 e. The fraction of sp³-hybridized carbons (Fsp3) is 0.118. The van der Waals surface area contributed by atoms with Crippen molar-refractivity contribution < 1.29 is 4.79 Å². The number of nitrogens with zero attached hydrogens (tertiary/aromatic N) is 3. The molecule has 0 bridgehead atoms. The molecule has 0 atom stereocenters. The second-order valence-corrected chi connectivity index (χ2v) is 5.78. The van der Waals surface area contributed by atoms with Crippen LogP contribution >= 0.6 is 11.6 Å². The summed E-state index contributed by atoms with van der Waals surface area (Å²) in [6.07, 6.45) is 0. The van der Waals surface area contributed by atoms with Crippen LogP contribution in [-0.2, 0) is 4.79 Å². The highest BCUT2D eigenvalue weighted by atomic mass is 35.5. The van der Waals surface area contributed by atoms with Crippen molar-refractivity contribution in [2.24, 2.45) is 10.1 Å². The molecule has 0 fully saturated rings. The van der Waals surface area contributed by atoms with Crippen LogP contribution in [0, 0.1) is 0 Å². The van der Waals surface area contributed by atoms with Crippen LogP contribution < -0.4 is 10.3 Å². The van der Waals surface area contributed by atoms with Crippen molar-refractivity contribution in [2.75, 3.05) is 18.0 Å². The molecule has 0 unspecified atom stereocenters. The van der Waals surface area contributed by atoms with Crippen LogP contribution in [0.5, 0.6) is 0 Å². The van der Waals surface area contributed by atoms with E-state index in [1.807, 2.05) is 53.4 Å². The van der Waals surface area contributed by atoms with Gasteiger partial charge < -0.3 is 4.90 Å². The molecule has 2 aliphatic rings. The summed E-state index contributed by atoms with van der Waals surface area (Å²) in [7, 11) is 0. The normalized spacial score (nSPS) is 16.6. The molecule has 0 saturated carbocycles. The summed E-state index contributed by atoms with van der Waals surface area (Å²) in [5, 5.41) is 4.78. The van der Waals surface area contributed by atoms with Gasteiger partial charge in [0.05, 0.1) is 17.9 Å². The van der Waals surface area contributed by atoms with E-state index in [0.29, 0.717) is 11.6 Å². The maximum atomic E-state index is 11.7. The van der Waals surface area contributed by atoms with Crippen LogP contribution in [0.1, 0.15) is 11.1 Å². The van der Waals surface area contributed by atoms with Crippen molar-refractivity contribution in [1.82, 2.24) is 5.43 Å². The van der Waals surface area contributed by atoms with E-state index in [4.69, 9.17) is 16.6 Å². The molecule has 0 aromatic heterocycles. The zero-order valence-corrected chi connectivity index (χ0v) is 12.9. The van der Waals surface area contributed by atoms with E-state index in [-0.39, 0.29) is 12.5 Å². The second-order valence-electron chi connectivity index (χ2n) is 5.34. The number of carbonyl (C=O) groups excluding carboxylic acids is 1. The summed E-state index contributed by atoms with van der Waals surface area (Å²) < 4.78 is 0. The van der Waals surface area contributed by atoms with Crippen molar-refractivity contribution >= 4 is 34.7 Å². The van der Waals surface area contributed by atoms with Gasteiger partial charge in [-0.1, -0.05) is 41.9 Å².